The summed E-state index contributed by atoms with van der Waals surface area (Å²) in [6.45, 7) is 12.6. The predicted octanol–water partition coefficient (Wildman–Crippen LogP) is 6.17. The molecule has 0 radical (unpaired) electrons. The first-order valence-corrected chi connectivity index (χ1v) is 9.56. The number of hydrogen-bond donors (Lipinski definition) is 1. The molecule has 3 rings (SSSR count). The second kappa shape index (κ2) is 6.95. The molecule has 2 aromatic rings. The normalized spacial score (nSPS) is 16.0. The lowest BCUT2D eigenvalue weighted by atomic mass is 9.86. The summed E-state index contributed by atoms with van der Waals surface area (Å²) < 4.78 is 11.8. The van der Waals surface area contributed by atoms with Crippen LogP contribution >= 0.6 is 0 Å². The van der Waals surface area contributed by atoms with Gasteiger partial charge in [0.05, 0.1) is 7.11 Å². The minimum atomic E-state index is -0.327. The summed E-state index contributed by atoms with van der Waals surface area (Å²) >= 11 is 0. The van der Waals surface area contributed by atoms with Crippen LogP contribution < -0.4 is 9.47 Å². The maximum Gasteiger partial charge on any atom is 0.131 e. The Bertz CT molecular complexity index is 891. The van der Waals surface area contributed by atoms with Gasteiger partial charge in [-0.05, 0) is 56.0 Å². The van der Waals surface area contributed by atoms with Crippen molar-refractivity contribution in [3.8, 4) is 17.2 Å². The van der Waals surface area contributed by atoms with E-state index in [0.717, 1.165) is 33.8 Å². The van der Waals surface area contributed by atoms with E-state index < -0.39 is 0 Å². The topological polar surface area (TPSA) is 38.7 Å². The zero-order valence-electron chi connectivity index (χ0n) is 17.4. The highest BCUT2D eigenvalue weighted by molar-refractivity contribution is 5.65. The van der Waals surface area contributed by atoms with Crippen LogP contribution in [0, 0.1) is 6.92 Å². The van der Waals surface area contributed by atoms with Crippen molar-refractivity contribution in [1.82, 2.24) is 0 Å². The third kappa shape index (κ3) is 3.69. The minimum Gasteiger partial charge on any atom is -0.508 e. The first-order valence-electron chi connectivity index (χ1n) is 9.56. The van der Waals surface area contributed by atoms with E-state index in [1.807, 2.05) is 32.9 Å². The van der Waals surface area contributed by atoms with Crippen molar-refractivity contribution in [2.24, 2.45) is 0 Å². The summed E-state index contributed by atoms with van der Waals surface area (Å²) in [5.41, 5.74) is 5.05. The van der Waals surface area contributed by atoms with Gasteiger partial charge in [-0.15, -0.1) is 0 Å². The second-order valence-corrected chi connectivity index (χ2v) is 8.31. The van der Waals surface area contributed by atoms with E-state index in [4.69, 9.17) is 9.47 Å². The van der Waals surface area contributed by atoms with Gasteiger partial charge in [-0.2, -0.15) is 0 Å². The number of methoxy groups -OCH3 is 1. The molecule has 0 fully saturated rings. The smallest absolute Gasteiger partial charge is 0.131 e. The van der Waals surface area contributed by atoms with Crippen LogP contribution in [-0.4, -0.2) is 17.8 Å². The number of benzene rings is 2. The Morgan fingerprint density at radius 2 is 1.70 bits per heavy atom. The van der Waals surface area contributed by atoms with E-state index >= 15 is 0 Å². The number of fused-ring (bicyclic) bond motifs is 1. The molecule has 3 heteroatoms. The molecule has 2 aromatic carbocycles. The van der Waals surface area contributed by atoms with Crippen LogP contribution in [0.25, 0.3) is 6.08 Å². The average molecular weight is 367 g/mol. The minimum absolute atomic E-state index is 0.00770. The van der Waals surface area contributed by atoms with E-state index in [0.29, 0.717) is 11.7 Å². The number of rotatable bonds is 4. The highest BCUT2D eigenvalue weighted by Gasteiger charge is 2.26. The Labute approximate surface area is 162 Å². The van der Waals surface area contributed by atoms with Crippen LogP contribution in [0.3, 0.4) is 0 Å². The summed E-state index contributed by atoms with van der Waals surface area (Å²) in [7, 11) is 1.68. The maximum absolute atomic E-state index is 10.6. The Hall–Kier alpha value is -2.42. The zero-order chi connectivity index (χ0) is 19.9. The Balaban J connectivity index is 2.10. The quantitative estimate of drug-likeness (QED) is 0.703. The van der Waals surface area contributed by atoms with Crippen molar-refractivity contribution < 1.29 is 14.6 Å². The van der Waals surface area contributed by atoms with Crippen LogP contribution in [0.5, 0.6) is 17.2 Å². The van der Waals surface area contributed by atoms with E-state index in [-0.39, 0.29) is 11.5 Å². The number of phenolic OH excluding ortho intramolecular Hbond substituents is 1. The fourth-order valence-electron chi connectivity index (χ4n) is 3.80. The van der Waals surface area contributed by atoms with Gasteiger partial charge >= 0.3 is 0 Å². The predicted molar refractivity (Wildman–Crippen MR) is 111 cm³/mol. The molecule has 0 unspecified atom stereocenters. The summed E-state index contributed by atoms with van der Waals surface area (Å²) in [5, 5.41) is 10.6. The largest absolute Gasteiger partial charge is 0.508 e. The second-order valence-electron chi connectivity index (χ2n) is 8.31. The van der Waals surface area contributed by atoms with Crippen LogP contribution in [0.15, 0.2) is 30.3 Å². The van der Waals surface area contributed by atoms with Gasteiger partial charge in [0.15, 0.2) is 0 Å². The van der Waals surface area contributed by atoms with Crippen molar-refractivity contribution in [3.05, 3.63) is 58.2 Å². The number of aryl methyl sites for hydroxylation is 1. The molecule has 1 aliphatic heterocycles. The highest BCUT2D eigenvalue weighted by atomic mass is 16.5. The lowest BCUT2D eigenvalue weighted by Gasteiger charge is -2.29. The van der Waals surface area contributed by atoms with Crippen molar-refractivity contribution in [3.63, 3.8) is 0 Å². The third-order valence-electron chi connectivity index (χ3n) is 5.37. The molecule has 1 aliphatic rings. The number of ether oxygens (including phenoxy) is 2. The molecule has 0 saturated heterocycles. The molecule has 0 spiro atoms. The molecule has 1 atom stereocenters. The molecule has 0 aromatic heterocycles. The van der Waals surface area contributed by atoms with Crippen molar-refractivity contribution in [2.45, 2.75) is 59.0 Å². The fraction of sp³-hybridized carbons (Fsp3) is 0.417. The van der Waals surface area contributed by atoms with Gasteiger partial charge in [0.25, 0.3) is 0 Å². The molecule has 0 amide bonds. The fourth-order valence-corrected chi connectivity index (χ4v) is 3.80. The molecule has 1 heterocycles. The van der Waals surface area contributed by atoms with Gasteiger partial charge in [-0.3, -0.25) is 0 Å². The molecule has 0 bridgehead atoms. The third-order valence-corrected chi connectivity index (χ3v) is 5.37. The molecule has 144 valence electrons. The standard InChI is InChI=1S/C24H30O3/c1-14(2)18-12-19(21(25)10-15(18)3)16(4)20-11-17-8-9-24(5,6)27-22(17)13-23(20)26-7/h8-14,16,25H,1-7H3/t16-/m1/s1. The number of aromatic hydroxyl groups is 1. The Morgan fingerprint density at radius 3 is 2.33 bits per heavy atom. The molecule has 27 heavy (non-hydrogen) atoms. The molecule has 0 aliphatic carbocycles. The molecule has 1 N–H and O–H groups in total. The van der Waals surface area contributed by atoms with E-state index in [1.54, 1.807) is 7.11 Å². The van der Waals surface area contributed by atoms with E-state index in [1.165, 1.54) is 5.56 Å². The maximum atomic E-state index is 10.6. The van der Waals surface area contributed by atoms with E-state index in [2.05, 4.69) is 45.1 Å². The van der Waals surface area contributed by atoms with Gasteiger partial charge in [-0.25, -0.2) is 0 Å². The van der Waals surface area contributed by atoms with Gasteiger partial charge in [0.1, 0.15) is 22.8 Å². The van der Waals surface area contributed by atoms with Crippen LogP contribution in [0.4, 0.5) is 0 Å². The Morgan fingerprint density at radius 1 is 1.00 bits per heavy atom. The highest BCUT2D eigenvalue weighted by Crippen LogP contribution is 2.43. The average Bonchev–Trinajstić information content (AvgIpc) is 2.59. The summed E-state index contributed by atoms with van der Waals surface area (Å²) in [6.07, 6.45) is 4.17. The molecular formula is C24H30O3. The summed E-state index contributed by atoms with van der Waals surface area (Å²) in [4.78, 5) is 0. The number of phenols is 1. The molecule has 3 nitrogen and oxygen atoms in total. The van der Waals surface area contributed by atoms with Crippen LogP contribution in [-0.2, 0) is 0 Å². The van der Waals surface area contributed by atoms with Gasteiger partial charge in [-0.1, -0.05) is 32.9 Å². The lowest BCUT2D eigenvalue weighted by Crippen LogP contribution is -2.27. The van der Waals surface area contributed by atoms with Gasteiger partial charge in [0.2, 0.25) is 0 Å². The first kappa shape index (κ1) is 19.3. The van der Waals surface area contributed by atoms with Crippen molar-refractivity contribution >= 4 is 6.08 Å². The van der Waals surface area contributed by atoms with Crippen LogP contribution in [0.2, 0.25) is 0 Å². The SMILES string of the molecule is COc1cc2c(cc1[C@H](C)c1cc(C(C)C)c(C)cc1O)C=CC(C)(C)O2. The van der Waals surface area contributed by atoms with Gasteiger partial charge < -0.3 is 14.6 Å². The van der Waals surface area contributed by atoms with Crippen molar-refractivity contribution in [2.75, 3.05) is 7.11 Å². The summed E-state index contributed by atoms with van der Waals surface area (Å²) in [5.74, 6) is 2.33. The molecular weight excluding hydrogens is 336 g/mol. The Kier molecular flexibility index (Phi) is 4.98. The molecule has 0 saturated carbocycles. The number of hydrogen-bond acceptors (Lipinski definition) is 3. The summed E-state index contributed by atoms with van der Waals surface area (Å²) in [6, 6.07) is 8.08. The van der Waals surface area contributed by atoms with Crippen LogP contribution in [0.1, 0.15) is 74.3 Å². The monoisotopic (exact) mass is 366 g/mol. The lowest BCUT2D eigenvalue weighted by molar-refractivity contribution is 0.158. The van der Waals surface area contributed by atoms with Gasteiger partial charge in [0, 0.05) is 28.7 Å². The first-order chi connectivity index (χ1) is 12.6. The van der Waals surface area contributed by atoms with Crippen molar-refractivity contribution in [1.29, 1.82) is 0 Å². The zero-order valence-corrected chi connectivity index (χ0v) is 17.4. The van der Waals surface area contributed by atoms with E-state index in [9.17, 15) is 5.11 Å².